The normalized spacial score (nSPS) is 17.9. The molecule has 34 heavy (non-hydrogen) atoms. The third-order valence-electron chi connectivity index (χ3n) is 7.00. The molecule has 0 aromatic heterocycles. The summed E-state index contributed by atoms with van der Waals surface area (Å²) in [5.41, 5.74) is 3.18. The zero-order chi connectivity index (χ0) is 23.5. The minimum absolute atomic E-state index is 0.0829. The monoisotopic (exact) mass is 463 g/mol. The molecule has 5 rings (SSSR count). The number of hydrogen-bond acceptors (Lipinski definition) is 4. The van der Waals surface area contributed by atoms with Crippen molar-refractivity contribution in [1.82, 2.24) is 9.80 Å². The van der Waals surface area contributed by atoms with Crippen LogP contribution >= 0.6 is 0 Å². The fourth-order valence-corrected chi connectivity index (χ4v) is 4.83. The quantitative estimate of drug-likeness (QED) is 0.687. The molecule has 2 aliphatic heterocycles. The number of carbonyl (C=O) groups is 2. The van der Waals surface area contributed by atoms with Crippen LogP contribution in [0.15, 0.2) is 42.5 Å². The number of fused-ring (bicyclic) bond motifs is 1. The Kier molecular flexibility index (Phi) is 6.61. The van der Waals surface area contributed by atoms with Gasteiger partial charge in [0.25, 0.3) is 0 Å². The SMILES string of the molecule is CC(=O)N1CCC(Cc2ccc(CN(C(=O)Nc3ccc4c(c3)OCCO4)C3CC3)cc2)CC1. The van der Waals surface area contributed by atoms with E-state index in [0.717, 1.165) is 50.8 Å². The van der Waals surface area contributed by atoms with E-state index in [-0.39, 0.29) is 11.9 Å². The van der Waals surface area contributed by atoms with E-state index in [1.165, 1.54) is 5.56 Å². The largest absolute Gasteiger partial charge is 0.486 e. The molecule has 7 heteroatoms. The van der Waals surface area contributed by atoms with E-state index in [9.17, 15) is 9.59 Å². The highest BCUT2D eigenvalue weighted by Gasteiger charge is 2.33. The van der Waals surface area contributed by atoms with Gasteiger partial charge in [0, 0.05) is 44.4 Å². The number of carbonyl (C=O) groups excluding carboxylic acids is 2. The van der Waals surface area contributed by atoms with Crippen LogP contribution in [0.1, 0.15) is 43.7 Å². The van der Waals surface area contributed by atoms with Gasteiger partial charge in [-0.05, 0) is 61.3 Å². The Hall–Kier alpha value is -3.22. The maximum Gasteiger partial charge on any atom is 0.322 e. The molecule has 0 unspecified atom stereocenters. The fraction of sp³-hybridized carbons (Fsp3) is 0.481. The third kappa shape index (κ3) is 5.46. The second-order valence-electron chi connectivity index (χ2n) is 9.62. The zero-order valence-corrected chi connectivity index (χ0v) is 19.8. The molecule has 1 aliphatic carbocycles. The van der Waals surface area contributed by atoms with Crippen molar-refractivity contribution in [3.05, 3.63) is 53.6 Å². The Balaban J connectivity index is 1.17. The van der Waals surface area contributed by atoms with Gasteiger partial charge in [0.1, 0.15) is 13.2 Å². The number of ether oxygens (including phenoxy) is 2. The number of hydrogen-bond donors (Lipinski definition) is 1. The molecule has 2 aromatic rings. The van der Waals surface area contributed by atoms with Crippen LogP contribution in [0.25, 0.3) is 0 Å². The molecule has 0 radical (unpaired) electrons. The summed E-state index contributed by atoms with van der Waals surface area (Å²) in [5.74, 6) is 2.19. The standard InChI is InChI=1S/C27H33N3O4/c1-19(31)29-12-10-21(11-13-29)16-20-2-4-22(5-3-20)18-30(24-7-8-24)27(32)28-23-6-9-25-26(17-23)34-15-14-33-25/h2-6,9,17,21,24H,7-8,10-16,18H2,1H3,(H,28,32). The first kappa shape index (κ1) is 22.6. The van der Waals surface area contributed by atoms with E-state index in [2.05, 4.69) is 29.6 Å². The highest BCUT2D eigenvalue weighted by Crippen LogP contribution is 2.34. The molecular weight excluding hydrogens is 430 g/mol. The maximum atomic E-state index is 13.1. The van der Waals surface area contributed by atoms with Crippen molar-refractivity contribution in [1.29, 1.82) is 0 Å². The van der Waals surface area contributed by atoms with E-state index in [0.29, 0.717) is 48.9 Å². The van der Waals surface area contributed by atoms with Gasteiger partial charge in [0.2, 0.25) is 5.91 Å². The molecule has 0 bridgehead atoms. The summed E-state index contributed by atoms with van der Waals surface area (Å²) < 4.78 is 11.2. The molecule has 0 atom stereocenters. The van der Waals surface area contributed by atoms with Crippen molar-refractivity contribution in [2.24, 2.45) is 5.92 Å². The second-order valence-corrected chi connectivity index (χ2v) is 9.62. The van der Waals surface area contributed by atoms with E-state index in [4.69, 9.17) is 9.47 Å². The number of benzene rings is 2. The topological polar surface area (TPSA) is 71.1 Å². The summed E-state index contributed by atoms with van der Waals surface area (Å²) in [6, 6.07) is 14.4. The number of rotatable bonds is 6. The van der Waals surface area contributed by atoms with Crippen molar-refractivity contribution < 1.29 is 19.1 Å². The van der Waals surface area contributed by atoms with Gasteiger partial charge >= 0.3 is 6.03 Å². The van der Waals surface area contributed by atoms with Crippen LogP contribution in [0.4, 0.5) is 10.5 Å². The number of likely N-dealkylation sites (tertiary alicyclic amines) is 1. The lowest BCUT2D eigenvalue weighted by Crippen LogP contribution is -2.37. The second kappa shape index (κ2) is 9.95. The summed E-state index contributed by atoms with van der Waals surface area (Å²) in [4.78, 5) is 28.5. The van der Waals surface area contributed by atoms with Crippen LogP contribution in [-0.4, -0.2) is 54.1 Å². The average molecular weight is 464 g/mol. The molecule has 2 fully saturated rings. The Morgan fingerprint density at radius 3 is 2.29 bits per heavy atom. The number of amides is 3. The summed E-state index contributed by atoms with van der Waals surface area (Å²) in [7, 11) is 0. The number of anilines is 1. The van der Waals surface area contributed by atoms with Gasteiger partial charge in [-0.15, -0.1) is 0 Å². The van der Waals surface area contributed by atoms with Gasteiger partial charge in [-0.3, -0.25) is 4.79 Å². The Labute approximate surface area is 201 Å². The lowest BCUT2D eigenvalue weighted by atomic mass is 9.90. The number of piperidine rings is 1. The van der Waals surface area contributed by atoms with Crippen molar-refractivity contribution in [3.63, 3.8) is 0 Å². The van der Waals surface area contributed by atoms with Crippen LogP contribution < -0.4 is 14.8 Å². The molecule has 1 N–H and O–H groups in total. The van der Waals surface area contributed by atoms with E-state index < -0.39 is 0 Å². The lowest BCUT2D eigenvalue weighted by molar-refractivity contribution is -0.130. The highest BCUT2D eigenvalue weighted by atomic mass is 16.6. The minimum atomic E-state index is -0.0829. The van der Waals surface area contributed by atoms with E-state index in [1.807, 2.05) is 28.0 Å². The van der Waals surface area contributed by atoms with Crippen molar-refractivity contribution in [3.8, 4) is 11.5 Å². The predicted molar refractivity (Wildman–Crippen MR) is 130 cm³/mol. The molecule has 3 amide bonds. The summed E-state index contributed by atoms with van der Waals surface area (Å²) >= 11 is 0. The number of nitrogens with one attached hydrogen (secondary N) is 1. The van der Waals surface area contributed by atoms with Crippen LogP contribution in [0.3, 0.4) is 0 Å². The van der Waals surface area contributed by atoms with Crippen LogP contribution in [0.2, 0.25) is 0 Å². The van der Waals surface area contributed by atoms with E-state index >= 15 is 0 Å². The molecule has 1 saturated heterocycles. The number of urea groups is 1. The van der Waals surface area contributed by atoms with Gasteiger partial charge in [0.05, 0.1) is 0 Å². The van der Waals surface area contributed by atoms with Crippen LogP contribution in [0.5, 0.6) is 11.5 Å². The molecular formula is C27H33N3O4. The fourth-order valence-electron chi connectivity index (χ4n) is 4.83. The average Bonchev–Trinajstić information content (AvgIpc) is 3.69. The summed E-state index contributed by atoms with van der Waals surface area (Å²) in [6.45, 7) is 5.05. The molecule has 1 saturated carbocycles. The Morgan fingerprint density at radius 1 is 0.941 bits per heavy atom. The van der Waals surface area contributed by atoms with Gasteiger partial charge < -0.3 is 24.6 Å². The first-order chi connectivity index (χ1) is 16.5. The van der Waals surface area contributed by atoms with Crippen LogP contribution in [-0.2, 0) is 17.8 Å². The third-order valence-corrected chi connectivity index (χ3v) is 7.00. The van der Waals surface area contributed by atoms with Gasteiger partial charge in [-0.2, -0.15) is 0 Å². The van der Waals surface area contributed by atoms with Crippen molar-refractivity contribution in [2.75, 3.05) is 31.6 Å². The highest BCUT2D eigenvalue weighted by molar-refractivity contribution is 5.90. The van der Waals surface area contributed by atoms with Crippen molar-refractivity contribution >= 4 is 17.6 Å². The minimum Gasteiger partial charge on any atom is -0.486 e. The summed E-state index contributed by atoms with van der Waals surface area (Å²) in [6.07, 6.45) is 5.27. The Morgan fingerprint density at radius 2 is 1.62 bits per heavy atom. The molecule has 2 heterocycles. The van der Waals surface area contributed by atoms with Crippen LogP contribution in [0, 0.1) is 5.92 Å². The van der Waals surface area contributed by atoms with Crippen molar-refractivity contribution in [2.45, 2.75) is 51.6 Å². The molecule has 3 aliphatic rings. The molecule has 7 nitrogen and oxygen atoms in total. The maximum absolute atomic E-state index is 13.1. The molecule has 2 aromatic carbocycles. The molecule has 0 spiro atoms. The molecule has 180 valence electrons. The van der Waals surface area contributed by atoms with Gasteiger partial charge in [-0.1, -0.05) is 24.3 Å². The first-order valence-electron chi connectivity index (χ1n) is 12.4. The van der Waals surface area contributed by atoms with E-state index in [1.54, 1.807) is 6.92 Å². The predicted octanol–water partition coefficient (Wildman–Crippen LogP) is 4.46. The smallest absolute Gasteiger partial charge is 0.322 e. The Bertz CT molecular complexity index is 1030. The number of nitrogens with zero attached hydrogens (tertiary/aromatic N) is 2. The first-order valence-corrected chi connectivity index (χ1v) is 12.4. The van der Waals surface area contributed by atoms with Gasteiger partial charge in [0.15, 0.2) is 11.5 Å². The lowest BCUT2D eigenvalue weighted by Gasteiger charge is -2.31. The summed E-state index contributed by atoms with van der Waals surface area (Å²) in [5, 5.41) is 3.03. The zero-order valence-electron chi connectivity index (χ0n) is 19.8. The van der Waals surface area contributed by atoms with Gasteiger partial charge in [-0.25, -0.2) is 4.79 Å².